The maximum Gasteiger partial charge on any atom is 0.199 e. The third kappa shape index (κ3) is 3.60. The van der Waals surface area contributed by atoms with Gasteiger partial charge in [0.2, 0.25) is 0 Å². The van der Waals surface area contributed by atoms with Crippen molar-refractivity contribution in [2.45, 2.75) is 32.2 Å². The van der Waals surface area contributed by atoms with Crippen LogP contribution in [0.2, 0.25) is 0 Å². The summed E-state index contributed by atoms with van der Waals surface area (Å²) in [6.45, 7) is 6.04. The molecule has 0 aliphatic carbocycles. The molecule has 0 saturated carbocycles. The van der Waals surface area contributed by atoms with Crippen LogP contribution in [0.1, 0.15) is 26.2 Å². The second kappa shape index (κ2) is 6.19. The van der Waals surface area contributed by atoms with Crippen LogP contribution < -0.4 is 10.1 Å². The second-order valence-corrected chi connectivity index (χ2v) is 3.40. The highest BCUT2D eigenvalue weighted by Gasteiger charge is 2.06. The molecule has 1 N–H and O–H groups in total. The predicted molar refractivity (Wildman–Crippen MR) is 59.5 cm³/mol. The zero-order valence-corrected chi connectivity index (χ0v) is 8.82. The van der Waals surface area contributed by atoms with Crippen LogP contribution in [-0.4, -0.2) is 6.04 Å². The van der Waals surface area contributed by atoms with Crippen LogP contribution in [0.15, 0.2) is 43.2 Å². The molecule has 76 valence electrons. The lowest BCUT2D eigenvalue weighted by Crippen LogP contribution is -2.48. The quantitative estimate of drug-likeness (QED) is 0.539. The minimum Gasteiger partial charge on any atom is -0.186 e. The Morgan fingerprint density at radius 1 is 1.36 bits per heavy atom. The summed E-state index contributed by atoms with van der Waals surface area (Å²) in [7, 11) is 0. The highest BCUT2D eigenvalue weighted by atomic mass is 15.4. The van der Waals surface area contributed by atoms with Gasteiger partial charge in [-0.25, -0.2) is 0 Å². The number of aromatic nitrogens is 1. The Balaban J connectivity index is 2.44. The zero-order chi connectivity index (χ0) is 10.2. The van der Waals surface area contributed by atoms with E-state index in [9.17, 15) is 0 Å². The SMILES string of the molecule is C=C[C@H](CCCC)N[n+]1ccccc1. The number of nitrogens with one attached hydrogen (secondary N) is 1. The van der Waals surface area contributed by atoms with Gasteiger partial charge in [-0.2, -0.15) is 5.43 Å². The molecule has 2 nitrogen and oxygen atoms in total. The third-order valence-corrected chi connectivity index (χ3v) is 2.18. The number of hydrogen-bond donors (Lipinski definition) is 1. The topological polar surface area (TPSA) is 15.9 Å². The van der Waals surface area contributed by atoms with Gasteiger partial charge in [0.15, 0.2) is 12.4 Å². The average molecular weight is 191 g/mol. The first-order valence-electron chi connectivity index (χ1n) is 5.22. The molecule has 1 rings (SSSR count). The third-order valence-electron chi connectivity index (χ3n) is 2.18. The molecule has 0 aromatic carbocycles. The van der Waals surface area contributed by atoms with E-state index in [-0.39, 0.29) is 0 Å². The molecule has 0 amide bonds. The van der Waals surface area contributed by atoms with Crippen molar-refractivity contribution in [1.29, 1.82) is 0 Å². The van der Waals surface area contributed by atoms with Crippen LogP contribution in [0.5, 0.6) is 0 Å². The number of nitrogens with zero attached hydrogens (tertiary/aromatic N) is 1. The minimum atomic E-state index is 0.363. The smallest absolute Gasteiger partial charge is 0.186 e. The van der Waals surface area contributed by atoms with E-state index in [0.29, 0.717) is 6.04 Å². The van der Waals surface area contributed by atoms with E-state index in [4.69, 9.17) is 0 Å². The predicted octanol–water partition coefficient (Wildman–Crippen LogP) is 2.26. The molecule has 1 atom stereocenters. The molecule has 0 unspecified atom stereocenters. The van der Waals surface area contributed by atoms with Gasteiger partial charge in [-0.1, -0.05) is 36.6 Å². The molecular weight excluding hydrogens is 172 g/mol. The zero-order valence-electron chi connectivity index (χ0n) is 8.82. The number of hydrogen-bond acceptors (Lipinski definition) is 1. The van der Waals surface area contributed by atoms with E-state index < -0.39 is 0 Å². The summed E-state index contributed by atoms with van der Waals surface area (Å²) < 4.78 is 1.97. The monoisotopic (exact) mass is 191 g/mol. The summed E-state index contributed by atoms with van der Waals surface area (Å²) in [6, 6.07) is 6.38. The summed E-state index contributed by atoms with van der Waals surface area (Å²) in [5.74, 6) is 0. The minimum absolute atomic E-state index is 0.363. The molecule has 14 heavy (non-hydrogen) atoms. The van der Waals surface area contributed by atoms with E-state index in [1.165, 1.54) is 12.8 Å². The number of rotatable bonds is 6. The fraction of sp³-hybridized carbons (Fsp3) is 0.417. The molecule has 1 aromatic rings. The van der Waals surface area contributed by atoms with Gasteiger partial charge in [-0.05, 0) is 6.42 Å². The van der Waals surface area contributed by atoms with E-state index in [1.54, 1.807) is 0 Å². The number of pyridine rings is 1. The number of unbranched alkanes of at least 4 members (excludes halogenated alkanes) is 1. The van der Waals surface area contributed by atoms with E-state index in [1.807, 2.05) is 41.3 Å². The lowest BCUT2D eigenvalue weighted by atomic mass is 10.1. The fourth-order valence-corrected chi connectivity index (χ4v) is 1.34. The Morgan fingerprint density at radius 3 is 2.64 bits per heavy atom. The second-order valence-electron chi connectivity index (χ2n) is 3.40. The van der Waals surface area contributed by atoms with Crippen LogP contribution in [-0.2, 0) is 0 Å². The first-order chi connectivity index (χ1) is 6.86. The fourth-order valence-electron chi connectivity index (χ4n) is 1.34. The lowest BCUT2D eigenvalue weighted by Gasteiger charge is -2.09. The van der Waals surface area contributed by atoms with Crippen LogP contribution in [0, 0.1) is 0 Å². The maximum absolute atomic E-state index is 3.83. The van der Waals surface area contributed by atoms with Gasteiger partial charge in [-0.3, -0.25) is 0 Å². The van der Waals surface area contributed by atoms with Crippen molar-refractivity contribution < 1.29 is 4.68 Å². The molecule has 1 heterocycles. The highest BCUT2D eigenvalue weighted by molar-refractivity contribution is 4.91. The normalized spacial score (nSPS) is 12.1. The van der Waals surface area contributed by atoms with Crippen LogP contribution >= 0.6 is 0 Å². The first-order valence-corrected chi connectivity index (χ1v) is 5.22. The molecule has 0 spiro atoms. The molecule has 0 fully saturated rings. The Kier molecular flexibility index (Phi) is 4.76. The lowest BCUT2D eigenvalue weighted by molar-refractivity contribution is -0.652. The van der Waals surface area contributed by atoms with Crippen LogP contribution in [0.4, 0.5) is 0 Å². The van der Waals surface area contributed by atoms with Crippen molar-refractivity contribution in [1.82, 2.24) is 0 Å². The van der Waals surface area contributed by atoms with Gasteiger partial charge in [0.25, 0.3) is 0 Å². The molecule has 0 aliphatic rings. The molecule has 0 bridgehead atoms. The molecular formula is C12H19N2+. The van der Waals surface area contributed by atoms with Gasteiger partial charge in [0.1, 0.15) is 0 Å². The van der Waals surface area contributed by atoms with Crippen molar-refractivity contribution in [2.75, 3.05) is 5.43 Å². The summed E-state index contributed by atoms with van der Waals surface area (Å²) in [5.41, 5.74) is 3.36. The van der Waals surface area contributed by atoms with Gasteiger partial charge >= 0.3 is 0 Å². The van der Waals surface area contributed by atoms with Gasteiger partial charge in [-0.15, -0.1) is 6.58 Å². The van der Waals surface area contributed by atoms with Crippen molar-refractivity contribution in [3.05, 3.63) is 43.2 Å². The Hall–Kier alpha value is -1.31. The molecule has 0 radical (unpaired) electrons. The summed E-state index contributed by atoms with van der Waals surface area (Å²) in [6.07, 6.45) is 9.57. The van der Waals surface area contributed by atoms with Crippen molar-refractivity contribution in [2.24, 2.45) is 0 Å². The molecule has 0 saturated heterocycles. The Bertz CT molecular complexity index is 256. The van der Waals surface area contributed by atoms with Gasteiger partial charge < -0.3 is 0 Å². The molecule has 2 heteroatoms. The van der Waals surface area contributed by atoms with Crippen molar-refractivity contribution in [3.8, 4) is 0 Å². The summed E-state index contributed by atoms with van der Waals surface area (Å²) in [4.78, 5) is 0. The van der Waals surface area contributed by atoms with Crippen LogP contribution in [0.3, 0.4) is 0 Å². The summed E-state index contributed by atoms with van der Waals surface area (Å²) in [5, 5.41) is 0. The van der Waals surface area contributed by atoms with E-state index in [0.717, 1.165) is 6.42 Å². The largest absolute Gasteiger partial charge is 0.199 e. The molecule has 1 aromatic heterocycles. The van der Waals surface area contributed by atoms with Crippen LogP contribution in [0.25, 0.3) is 0 Å². The Labute approximate surface area is 86.2 Å². The van der Waals surface area contributed by atoms with Gasteiger partial charge in [0, 0.05) is 12.1 Å². The maximum atomic E-state index is 3.83. The van der Waals surface area contributed by atoms with E-state index in [2.05, 4.69) is 18.9 Å². The first kappa shape index (κ1) is 10.8. The highest BCUT2D eigenvalue weighted by Crippen LogP contribution is 2.00. The van der Waals surface area contributed by atoms with Gasteiger partial charge in [0.05, 0.1) is 6.04 Å². The van der Waals surface area contributed by atoms with Crippen molar-refractivity contribution in [3.63, 3.8) is 0 Å². The summed E-state index contributed by atoms with van der Waals surface area (Å²) >= 11 is 0. The molecule has 0 aliphatic heterocycles. The van der Waals surface area contributed by atoms with E-state index >= 15 is 0 Å². The standard InChI is InChI=1S/C12H19N2/c1-3-5-9-12(4-2)13-14-10-7-6-8-11-14/h4,6-8,10-13H,2-3,5,9H2,1H3/q+1/t12-/m1/s1. The van der Waals surface area contributed by atoms with Crippen molar-refractivity contribution >= 4 is 0 Å². The average Bonchev–Trinajstić information content (AvgIpc) is 2.25. The Morgan fingerprint density at radius 2 is 2.07 bits per heavy atom.